The molecule has 0 bridgehead atoms. The minimum Gasteiger partial charge on any atom is -0.316 e. The zero-order chi connectivity index (χ0) is 10.6. The van der Waals surface area contributed by atoms with Crippen LogP contribution in [0, 0.1) is 0 Å². The minimum atomic E-state index is -4.09. The summed E-state index contributed by atoms with van der Waals surface area (Å²) in [5.74, 6) is 0. The van der Waals surface area contributed by atoms with Crippen LogP contribution in [0.5, 0.6) is 0 Å². The van der Waals surface area contributed by atoms with Gasteiger partial charge in [-0.3, -0.25) is 0 Å². The predicted octanol–water partition coefficient (Wildman–Crippen LogP) is 2.83. The molecule has 0 amide bonds. The van der Waals surface area contributed by atoms with Gasteiger partial charge in [-0.2, -0.15) is 24.5 Å². The van der Waals surface area contributed by atoms with Gasteiger partial charge in [0.15, 0.2) is 0 Å². The van der Waals surface area contributed by atoms with E-state index in [1.165, 1.54) is 11.3 Å². The molecule has 1 nitrogen and oxygen atoms in total. The monoisotopic (exact) mass is 223 g/mol. The maximum atomic E-state index is 12.1. The van der Waals surface area contributed by atoms with Crippen molar-refractivity contribution in [2.24, 2.45) is 0 Å². The molecule has 1 unspecified atom stereocenters. The summed E-state index contributed by atoms with van der Waals surface area (Å²) in [7, 11) is 1.56. The second kappa shape index (κ2) is 4.79. The molecule has 1 rings (SSSR count). The summed E-state index contributed by atoms with van der Waals surface area (Å²) in [4.78, 5) is 0. The Morgan fingerprint density at radius 1 is 1.50 bits per heavy atom. The number of halogens is 3. The highest BCUT2D eigenvalue weighted by Crippen LogP contribution is 2.23. The molecule has 1 N–H and O–H groups in total. The van der Waals surface area contributed by atoms with Crippen LogP contribution in [0.15, 0.2) is 16.8 Å². The predicted molar refractivity (Wildman–Crippen MR) is 51.5 cm³/mol. The molecule has 1 atom stereocenters. The Balaban J connectivity index is 2.47. The first-order valence-electron chi connectivity index (χ1n) is 4.26. The number of hydrogen-bond donors (Lipinski definition) is 1. The first kappa shape index (κ1) is 11.5. The van der Waals surface area contributed by atoms with Crippen molar-refractivity contribution in [2.75, 3.05) is 7.05 Å². The second-order valence-electron chi connectivity index (χ2n) is 3.14. The molecule has 0 spiro atoms. The Morgan fingerprint density at radius 2 is 2.21 bits per heavy atom. The van der Waals surface area contributed by atoms with Gasteiger partial charge in [-0.25, -0.2) is 0 Å². The third-order valence-corrected chi connectivity index (χ3v) is 2.68. The lowest BCUT2D eigenvalue weighted by Crippen LogP contribution is -2.32. The van der Waals surface area contributed by atoms with Gasteiger partial charge in [-0.1, -0.05) is 0 Å². The van der Waals surface area contributed by atoms with Gasteiger partial charge in [0, 0.05) is 6.04 Å². The standard InChI is InChI=1S/C9H12F3NS/c1-13-8(5-9(10,11)12)4-7-2-3-14-6-7/h2-3,6,8,13H,4-5H2,1H3. The summed E-state index contributed by atoms with van der Waals surface area (Å²) in [5.41, 5.74) is 0.957. The van der Waals surface area contributed by atoms with E-state index in [0.29, 0.717) is 6.42 Å². The van der Waals surface area contributed by atoms with Crippen molar-refractivity contribution >= 4 is 11.3 Å². The summed E-state index contributed by atoms with van der Waals surface area (Å²) in [6, 6.07) is 1.33. The smallest absolute Gasteiger partial charge is 0.316 e. The van der Waals surface area contributed by atoms with Crippen LogP contribution in [0.2, 0.25) is 0 Å². The fraction of sp³-hybridized carbons (Fsp3) is 0.556. The Kier molecular flexibility index (Phi) is 3.95. The van der Waals surface area contributed by atoms with E-state index in [2.05, 4.69) is 5.32 Å². The van der Waals surface area contributed by atoms with Crippen molar-refractivity contribution in [2.45, 2.75) is 25.1 Å². The average molecular weight is 223 g/mol. The summed E-state index contributed by atoms with van der Waals surface area (Å²) < 4.78 is 36.3. The fourth-order valence-corrected chi connectivity index (χ4v) is 1.93. The first-order valence-corrected chi connectivity index (χ1v) is 5.20. The highest BCUT2D eigenvalue weighted by molar-refractivity contribution is 7.07. The summed E-state index contributed by atoms with van der Waals surface area (Å²) >= 11 is 1.50. The van der Waals surface area contributed by atoms with E-state index in [1.54, 1.807) is 7.05 Å². The van der Waals surface area contributed by atoms with Crippen molar-refractivity contribution < 1.29 is 13.2 Å². The summed E-state index contributed by atoms with van der Waals surface area (Å²) in [6.07, 6.45) is -4.44. The maximum Gasteiger partial charge on any atom is 0.390 e. The van der Waals surface area contributed by atoms with Crippen LogP contribution in [-0.2, 0) is 6.42 Å². The van der Waals surface area contributed by atoms with Crippen molar-refractivity contribution in [1.82, 2.24) is 5.32 Å². The van der Waals surface area contributed by atoms with E-state index >= 15 is 0 Å². The first-order chi connectivity index (χ1) is 6.51. The van der Waals surface area contributed by atoms with E-state index in [9.17, 15) is 13.2 Å². The Labute approximate surface area is 84.9 Å². The van der Waals surface area contributed by atoms with Crippen molar-refractivity contribution in [3.05, 3.63) is 22.4 Å². The SMILES string of the molecule is CNC(Cc1ccsc1)CC(F)(F)F. The molecule has 0 saturated heterocycles. The normalized spacial score (nSPS) is 14.3. The molecule has 0 aromatic carbocycles. The molecule has 0 fully saturated rings. The molecule has 0 radical (unpaired) electrons. The zero-order valence-corrected chi connectivity index (χ0v) is 8.58. The summed E-state index contributed by atoms with van der Waals surface area (Å²) in [6.45, 7) is 0. The van der Waals surface area contributed by atoms with Crippen molar-refractivity contribution in [3.63, 3.8) is 0 Å². The van der Waals surface area contributed by atoms with E-state index in [0.717, 1.165) is 5.56 Å². The maximum absolute atomic E-state index is 12.1. The minimum absolute atomic E-state index is 0.430. The van der Waals surface area contributed by atoms with Crippen LogP contribution in [0.4, 0.5) is 13.2 Å². The highest BCUT2D eigenvalue weighted by atomic mass is 32.1. The van der Waals surface area contributed by atoms with Gasteiger partial charge in [0.2, 0.25) is 0 Å². The van der Waals surface area contributed by atoms with E-state index in [1.807, 2.05) is 16.8 Å². The summed E-state index contributed by atoms with van der Waals surface area (Å²) in [5, 5.41) is 6.43. The van der Waals surface area contributed by atoms with E-state index in [4.69, 9.17) is 0 Å². The van der Waals surface area contributed by atoms with Gasteiger partial charge >= 0.3 is 6.18 Å². The van der Waals surface area contributed by atoms with Gasteiger partial charge in [0.1, 0.15) is 0 Å². The molecule has 0 aliphatic rings. The molecule has 1 heterocycles. The molecule has 14 heavy (non-hydrogen) atoms. The molecule has 80 valence electrons. The van der Waals surface area contributed by atoms with Gasteiger partial charge in [0.05, 0.1) is 6.42 Å². The van der Waals surface area contributed by atoms with Gasteiger partial charge in [-0.15, -0.1) is 0 Å². The lowest BCUT2D eigenvalue weighted by molar-refractivity contribution is -0.139. The van der Waals surface area contributed by atoms with E-state index in [-0.39, 0.29) is 0 Å². The third-order valence-electron chi connectivity index (χ3n) is 1.95. The average Bonchev–Trinajstić information content (AvgIpc) is 2.53. The molecule has 1 aromatic rings. The molecule has 0 aliphatic heterocycles. The molecule has 0 saturated carbocycles. The largest absolute Gasteiger partial charge is 0.390 e. The van der Waals surface area contributed by atoms with Crippen LogP contribution < -0.4 is 5.32 Å². The molecular formula is C9H12F3NS. The van der Waals surface area contributed by atoms with E-state index < -0.39 is 18.6 Å². The van der Waals surface area contributed by atoms with Gasteiger partial charge in [-0.05, 0) is 35.9 Å². The molecule has 0 aliphatic carbocycles. The Bertz CT molecular complexity index is 256. The van der Waals surface area contributed by atoms with Gasteiger partial charge < -0.3 is 5.32 Å². The fourth-order valence-electron chi connectivity index (χ4n) is 1.25. The van der Waals surface area contributed by atoms with Crippen molar-refractivity contribution in [1.29, 1.82) is 0 Å². The Hall–Kier alpha value is -0.550. The highest BCUT2D eigenvalue weighted by Gasteiger charge is 2.31. The number of hydrogen-bond acceptors (Lipinski definition) is 2. The number of likely N-dealkylation sites (N-methyl/N-ethyl adjacent to an activating group) is 1. The number of nitrogens with one attached hydrogen (secondary N) is 1. The number of thiophene rings is 1. The Morgan fingerprint density at radius 3 is 2.64 bits per heavy atom. The van der Waals surface area contributed by atoms with Crippen LogP contribution in [0.25, 0.3) is 0 Å². The third kappa shape index (κ3) is 4.11. The number of rotatable bonds is 4. The lowest BCUT2D eigenvalue weighted by atomic mass is 10.1. The quantitative estimate of drug-likeness (QED) is 0.827. The molecule has 1 aromatic heterocycles. The lowest BCUT2D eigenvalue weighted by Gasteiger charge is -2.17. The van der Waals surface area contributed by atoms with Crippen molar-refractivity contribution in [3.8, 4) is 0 Å². The van der Waals surface area contributed by atoms with Gasteiger partial charge in [0.25, 0.3) is 0 Å². The van der Waals surface area contributed by atoms with Crippen LogP contribution in [0.1, 0.15) is 12.0 Å². The topological polar surface area (TPSA) is 12.0 Å². The zero-order valence-electron chi connectivity index (χ0n) is 7.77. The van der Waals surface area contributed by atoms with Crippen LogP contribution >= 0.6 is 11.3 Å². The second-order valence-corrected chi connectivity index (χ2v) is 3.92. The van der Waals surface area contributed by atoms with Crippen LogP contribution in [0.3, 0.4) is 0 Å². The molecular weight excluding hydrogens is 211 g/mol. The number of alkyl halides is 3. The molecule has 5 heteroatoms. The van der Waals surface area contributed by atoms with Crippen LogP contribution in [-0.4, -0.2) is 19.3 Å².